The molecule has 2 heterocycles. The molecule has 22 heteroatoms. The molecule has 0 aliphatic carbocycles. The van der Waals surface area contributed by atoms with Gasteiger partial charge in [0.15, 0.2) is 15.6 Å². The Bertz CT molecular complexity index is 2850. The van der Waals surface area contributed by atoms with Crippen LogP contribution in [0.1, 0.15) is 85.2 Å². The largest absolute Gasteiger partial charge is 0.379 e. The lowest BCUT2D eigenvalue weighted by Crippen LogP contribution is -2.31. The van der Waals surface area contributed by atoms with Crippen molar-refractivity contribution in [2.24, 2.45) is 0 Å². The standard InChI is InChI=1S/C58H70Cl4N4O12S2/c1-65-37-51(49-33-45(59)35-55(61)53(49)39-65)41-10-14-47(15-11-41)79(69,70)32-4-21-74-25-29-77-28-24-73-20-3-5-57(67)43-6-8-44(9-7-43)58(68)63-18-22-75-26-30-78-31-27-76-23-19-64-80(71,72)48-16-12-42(13-17-48)52-38-66(2)40-54-50(52)34-46(60)36-56(54)62/h6-17,33-36,51-52,64H,3-5,18-32,37-40H2,1-2H3,(H,63,68). The minimum absolute atomic E-state index is 0.00223. The molecule has 5 aromatic rings. The van der Waals surface area contributed by atoms with Crippen molar-refractivity contribution in [3.05, 3.63) is 162 Å². The number of likely N-dealkylation sites (N-methyl/N-ethyl adjacent to an activating group) is 2. The number of Topliss-reactive ketones (excluding diaryl/α,β-unsaturated/α-hetero) is 1. The van der Waals surface area contributed by atoms with E-state index in [4.69, 9.17) is 74.8 Å². The number of halogens is 4. The summed E-state index contributed by atoms with van der Waals surface area (Å²) in [6, 6.07) is 27.8. The highest BCUT2D eigenvalue weighted by molar-refractivity contribution is 7.91. The molecule has 7 rings (SSSR count). The van der Waals surface area contributed by atoms with Gasteiger partial charge in [-0.15, -0.1) is 0 Å². The third kappa shape index (κ3) is 19.0. The summed E-state index contributed by atoms with van der Waals surface area (Å²) < 4.78 is 88.0. The number of carbonyl (C=O) groups excluding carboxylic acids is 2. The number of nitrogens with one attached hydrogen (secondary N) is 2. The highest BCUT2D eigenvalue weighted by Crippen LogP contribution is 2.40. The summed E-state index contributed by atoms with van der Waals surface area (Å²) in [6.45, 7) is 7.04. The highest BCUT2D eigenvalue weighted by atomic mass is 35.5. The molecule has 0 aromatic heterocycles. The van der Waals surface area contributed by atoms with Crippen LogP contribution in [0.4, 0.5) is 0 Å². The molecule has 0 radical (unpaired) electrons. The Hall–Kier alpha value is -4.06. The fourth-order valence-electron chi connectivity index (χ4n) is 9.56. The van der Waals surface area contributed by atoms with E-state index >= 15 is 0 Å². The number of hydrogen-bond donors (Lipinski definition) is 2. The van der Waals surface area contributed by atoms with E-state index in [9.17, 15) is 26.4 Å². The quantitative estimate of drug-likeness (QED) is 0.0299. The third-order valence-electron chi connectivity index (χ3n) is 13.6. The number of sulfone groups is 1. The molecule has 2 unspecified atom stereocenters. The maximum Gasteiger partial charge on any atom is 0.251 e. The van der Waals surface area contributed by atoms with E-state index in [1.807, 2.05) is 50.5 Å². The smallest absolute Gasteiger partial charge is 0.251 e. The molecule has 0 fully saturated rings. The molecule has 1 amide bonds. The van der Waals surface area contributed by atoms with Crippen LogP contribution >= 0.6 is 46.4 Å². The zero-order valence-corrected chi connectivity index (χ0v) is 49.7. The van der Waals surface area contributed by atoms with Gasteiger partial charge < -0.3 is 43.5 Å². The van der Waals surface area contributed by atoms with Gasteiger partial charge in [0, 0.05) is 102 Å². The lowest BCUT2D eigenvalue weighted by molar-refractivity contribution is 0.0142. The second-order valence-electron chi connectivity index (χ2n) is 19.7. The van der Waals surface area contributed by atoms with Crippen LogP contribution in [0.25, 0.3) is 0 Å². The number of amides is 1. The van der Waals surface area contributed by atoms with Crippen molar-refractivity contribution in [2.45, 2.75) is 54.0 Å². The van der Waals surface area contributed by atoms with E-state index in [0.717, 1.165) is 53.0 Å². The first kappa shape index (κ1) is 63.5. The molecular formula is C58H70Cl4N4O12S2. The monoisotopic (exact) mass is 1220 g/mol. The van der Waals surface area contributed by atoms with Gasteiger partial charge in [0.25, 0.3) is 5.91 Å². The van der Waals surface area contributed by atoms with Crippen LogP contribution in [-0.2, 0) is 61.4 Å². The van der Waals surface area contributed by atoms with Crippen molar-refractivity contribution < 1.29 is 54.8 Å². The van der Waals surface area contributed by atoms with E-state index in [1.54, 1.807) is 60.7 Å². The topological polar surface area (TPSA) is 188 Å². The highest BCUT2D eigenvalue weighted by Gasteiger charge is 2.29. The zero-order valence-electron chi connectivity index (χ0n) is 45.1. The van der Waals surface area contributed by atoms with Gasteiger partial charge >= 0.3 is 0 Å². The van der Waals surface area contributed by atoms with Crippen LogP contribution in [0.3, 0.4) is 0 Å². The summed E-state index contributed by atoms with van der Waals surface area (Å²) in [7, 11) is -3.17. The van der Waals surface area contributed by atoms with Gasteiger partial charge in [-0.25, -0.2) is 21.6 Å². The Labute approximate surface area is 490 Å². The van der Waals surface area contributed by atoms with Gasteiger partial charge in [0.05, 0.1) is 81.6 Å². The number of benzene rings is 5. The first-order valence-corrected chi connectivity index (χ1v) is 31.3. The maximum absolute atomic E-state index is 13.1. The molecule has 5 aromatic carbocycles. The number of sulfonamides is 1. The molecule has 16 nitrogen and oxygen atoms in total. The summed E-state index contributed by atoms with van der Waals surface area (Å²) in [4.78, 5) is 30.2. The first-order valence-electron chi connectivity index (χ1n) is 26.6. The van der Waals surface area contributed by atoms with Gasteiger partial charge in [-0.05, 0) is 121 Å². The average Bonchev–Trinajstić information content (AvgIpc) is 3.45. The number of hydrogen-bond acceptors (Lipinski definition) is 14. The summed E-state index contributed by atoms with van der Waals surface area (Å²) in [5, 5.41) is 5.20. The maximum atomic E-state index is 13.1. The Kier molecular flexibility index (Phi) is 25.1. The fourth-order valence-corrected chi connectivity index (χ4v) is 13.0. The van der Waals surface area contributed by atoms with E-state index in [2.05, 4.69) is 19.8 Å². The number of fused-ring (bicyclic) bond motifs is 2. The Morgan fingerprint density at radius 3 is 1.45 bits per heavy atom. The van der Waals surface area contributed by atoms with Crippen molar-refractivity contribution in [3.63, 3.8) is 0 Å². The number of ether oxygens (including phenoxy) is 6. The van der Waals surface area contributed by atoms with Crippen LogP contribution < -0.4 is 10.0 Å². The van der Waals surface area contributed by atoms with Crippen LogP contribution in [-0.4, -0.2) is 164 Å². The fraction of sp³-hybridized carbons (Fsp3) is 0.448. The van der Waals surface area contributed by atoms with E-state index < -0.39 is 19.9 Å². The Morgan fingerprint density at radius 2 is 0.950 bits per heavy atom. The number of nitrogens with zero attached hydrogens (tertiary/aromatic N) is 2. The molecule has 0 saturated heterocycles. The molecule has 0 spiro atoms. The van der Waals surface area contributed by atoms with Gasteiger partial charge in [0.1, 0.15) is 0 Å². The molecule has 80 heavy (non-hydrogen) atoms. The second-order valence-corrected chi connectivity index (χ2v) is 25.2. The van der Waals surface area contributed by atoms with Crippen molar-refractivity contribution in [3.8, 4) is 0 Å². The summed E-state index contributed by atoms with van der Waals surface area (Å²) in [6.07, 6.45) is 1.17. The van der Waals surface area contributed by atoms with Crippen molar-refractivity contribution in [1.29, 1.82) is 0 Å². The zero-order chi connectivity index (χ0) is 57.1. The third-order valence-corrected chi connectivity index (χ3v) is 18.0. The minimum Gasteiger partial charge on any atom is -0.379 e. The van der Waals surface area contributed by atoms with Gasteiger partial charge in [-0.3, -0.25) is 9.59 Å². The second kappa shape index (κ2) is 31.6. The molecule has 0 saturated carbocycles. The van der Waals surface area contributed by atoms with E-state index in [0.29, 0.717) is 110 Å². The molecule has 2 atom stereocenters. The summed E-state index contributed by atoms with van der Waals surface area (Å²) >= 11 is 25.7. The van der Waals surface area contributed by atoms with E-state index in [-0.39, 0.29) is 78.6 Å². The van der Waals surface area contributed by atoms with Gasteiger partial charge in [-0.2, -0.15) is 0 Å². The first-order chi connectivity index (χ1) is 38.5. The van der Waals surface area contributed by atoms with Crippen molar-refractivity contribution in [2.75, 3.05) is 125 Å². The van der Waals surface area contributed by atoms with Gasteiger partial charge in [-0.1, -0.05) is 82.8 Å². The van der Waals surface area contributed by atoms with Crippen LogP contribution in [0, 0.1) is 0 Å². The Morgan fingerprint density at radius 1 is 0.525 bits per heavy atom. The molecule has 0 bridgehead atoms. The van der Waals surface area contributed by atoms with Crippen LogP contribution in [0.2, 0.25) is 20.1 Å². The normalized spacial score (nSPS) is 15.9. The average molecular weight is 1220 g/mol. The summed E-state index contributed by atoms with van der Waals surface area (Å²) in [5.41, 5.74) is 7.09. The molecular weight excluding hydrogens is 1150 g/mol. The number of rotatable bonds is 33. The molecule has 2 aliphatic heterocycles. The molecule has 434 valence electrons. The van der Waals surface area contributed by atoms with E-state index in [1.165, 1.54) is 0 Å². The lowest BCUT2D eigenvalue weighted by Gasteiger charge is -2.33. The number of ketones is 1. The van der Waals surface area contributed by atoms with Crippen LogP contribution in [0.15, 0.2) is 107 Å². The predicted molar refractivity (Wildman–Crippen MR) is 311 cm³/mol. The van der Waals surface area contributed by atoms with Crippen molar-refractivity contribution in [1.82, 2.24) is 19.8 Å². The Balaban J connectivity index is 0.640. The minimum atomic E-state index is -3.74. The van der Waals surface area contributed by atoms with Crippen molar-refractivity contribution >= 4 is 78.0 Å². The molecule has 2 aliphatic rings. The number of carbonyl (C=O) groups is 2. The molecule has 2 N–H and O–H groups in total. The summed E-state index contributed by atoms with van der Waals surface area (Å²) in [5.74, 6) is -0.345. The van der Waals surface area contributed by atoms with Crippen LogP contribution in [0.5, 0.6) is 0 Å². The lowest BCUT2D eigenvalue weighted by atomic mass is 9.85. The SMILES string of the molecule is CN1Cc2c(Cl)cc(Cl)cc2C(c2ccc(S(=O)(=O)CCCOCCOCCOCCCC(=O)c3ccc(C(=O)NCCOCCOCCOCCNS(=O)(=O)c4ccc(C5CN(C)Cc6c(Cl)cc(Cl)cc65)cc4)cc3)cc2)C1. The van der Waals surface area contributed by atoms with Gasteiger partial charge in [0.2, 0.25) is 10.0 Å². The predicted octanol–water partition coefficient (Wildman–Crippen LogP) is 9.09.